The molecule has 0 saturated heterocycles. The average Bonchev–Trinajstić information content (AvgIpc) is 3.41. The van der Waals surface area contributed by atoms with Crippen LogP contribution in [0.1, 0.15) is 6.92 Å². The lowest BCUT2D eigenvalue weighted by atomic mass is 9.92. The second-order valence-corrected chi connectivity index (χ2v) is 11.6. The minimum atomic E-state index is 0.938. The highest BCUT2D eigenvalue weighted by Crippen LogP contribution is 2.44. The largest absolute Gasteiger partial charge is 0.341 e. The minimum absolute atomic E-state index is 0.938. The van der Waals surface area contributed by atoms with E-state index >= 15 is 0 Å². The lowest BCUT2D eigenvalue weighted by Crippen LogP contribution is -2.10. The third-order valence-electron chi connectivity index (χ3n) is 9.31. The first-order valence-electron chi connectivity index (χ1n) is 15.4. The Morgan fingerprint density at radius 2 is 1.02 bits per heavy atom. The van der Waals surface area contributed by atoms with Crippen molar-refractivity contribution in [3.8, 4) is 0 Å². The van der Waals surface area contributed by atoms with Crippen molar-refractivity contribution in [1.29, 1.82) is 0 Å². The first-order valence-corrected chi connectivity index (χ1v) is 15.4. The zero-order chi connectivity index (χ0) is 29.2. The fourth-order valence-electron chi connectivity index (χ4n) is 7.37. The Morgan fingerprint density at radius 3 is 1.82 bits per heavy atom. The number of para-hydroxylation sites is 2. The van der Waals surface area contributed by atoms with E-state index < -0.39 is 0 Å². The van der Waals surface area contributed by atoms with E-state index in [1.807, 2.05) is 0 Å². The van der Waals surface area contributed by atoms with E-state index in [1.54, 1.807) is 0 Å². The maximum absolute atomic E-state index is 2.45. The molecule has 9 aromatic rings. The van der Waals surface area contributed by atoms with E-state index in [-0.39, 0.29) is 0 Å². The molecule has 0 unspecified atom stereocenters. The number of nitrogens with zero attached hydrogens (tertiary/aromatic N) is 2. The van der Waals surface area contributed by atoms with E-state index in [2.05, 4.69) is 168 Å². The molecule has 208 valence electrons. The number of fused-ring (bicyclic) bond motifs is 10. The van der Waals surface area contributed by atoms with Gasteiger partial charge in [0.15, 0.2) is 0 Å². The number of rotatable bonds is 4. The molecule has 0 atom stereocenters. The van der Waals surface area contributed by atoms with Crippen LogP contribution in [0.15, 0.2) is 152 Å². The maximum Gasteiger partial charge on any atom is 0.0540 e. The first kappa shape index (κ1) is 24.9. The van der Waals surface area contributed by atoms with Gasteiger partial charge in [0.1, 0.15) is 0 Å². The standard InChI is InChI=1S/C42H30N2/c1-2-43-40-21-11-10-20-35(40)39-26-37-34-24-23-30(25-36(34)32-18-8-9-19-33(32)38(37)27-42(39)43)44(29-15-4-3-5-16-29)41-22-12-14-28-13-6-7-17-31(28)41/h3-27H,2H2,1H3. The molecular weight excluding hydrogens is 532 g/mol. The molecule has 0 bridgehead atoms. The Hall–Kier alpha value is -5.60. The summed E-state index contributed by atoms with van der Waals surface area (Å²) >= 11 is 0. The predicted octanol–water partition coefficient (Wildman–Crippen LogP) is 11.9. The molecule has 8 aromatic carbocycles. The van der Waals surface area contributed by atoms with Gasteiger partial charge in [-0.1, -0.05) is 103 Å². The normalized spacial score (nSPS) is 11.8. The summed E-state index contributed by atoms with van der Waals surface area (Å²) in [5, 5.41) is 12.8. The molecule has 1 aromatic heterocycles. The molecule has 9 rings (SSSR count). The quantitative estimate of drug-likeness (QED) is 0.194. The summed E-state index contributed by atoms with van der Waals surface area (Å²) < 4.78 is 2.45. The van der Waals surface area contributed by atoms with Gasteiger partial charge < -0.3 is 9.47 Å². The fraction of sp³-hybridized carbons (Fsp3) is 0.0476. The van der Waals surface area contributed by atoms with Crippen LogP contribution >= 0.6 is 0 Å². The van der Waals surface area contributed by atoms with Gasteiger partial charge in [0.2, 0.25) is 0 Å². The van der Waals surface area contributed by atoms with Crippen LogP contribution in [-0.2, 0) is 6.54 Å². The Labute approximate surface area is 256 Å². The molecule has 0 aliphatic heterocycles. The Balaban J connectivity index is 1.38. The Kier molecular flexibility index (Phi) is 5.51. The van der Waals surface area contributed by atoms with Crippen molar-refractivity contribution < 1.29 is 0 Å². The van der Waals surface area contributed by atoms with Crippen LogP contribution in [0, 0.1) is 0 Å². The number of hydrogen-bond donors (Lipinski definition) is 0. The highest BCUT2D eigenvalue weighted by Gasteiger charge is 2.18. The summed E-state index contributed by atoms with van der Waals surface area (Å²) in [6.45, 7) is 3.18. The zero-order valence-electron chi connectivity index (χ0n) is 24.5. The van der Waals surface area contributed by atoms with E-state index in [9.17, 15) is 0 Å². The van der Waals surface area contributed by atoms with Crippen LogP contribution < -0.4 is 4.90 Å². The molecule has 0 spiro atoms. The number of anilines is 3. The maximum atomic E-state index is 2.45. The lowest BCUT2D eigenvalue weighted by molar-refractivity contribution is 0.827. The summed E-state index contributed by atoms with van der Waals surface area (Å²) in [4.78, 5) is 2.40. The monoisotopic (exact) mass is 562 g/mol. The summed E-state index contributed by atoms with van der Waals surface area (Å²) in [6.07, 6.45) is 0. The number of aryl methyl sites for hydroxylation is 1. The highest BCUT2D eigenvalue weighted by molar-refractivity contribution is 6.29. The molecule has 2 heteroatoms. The third kappa shape index (κ3) is 3.61. The zero-order valence-corrected chi connectivity index (χ0v) is 24.5. The predicted molar refractivity (Wildman–Crippen MR) is 190 cm³/mol. The molecule has 0 amide bonds. The van der Waals surface area contributed by atoms with Crippen LogP contribution in [0.2, 0.25) is 0 Å². The second-order valence-electron chi connectivity index (χ2n) is 11.6. The van der Waals surface area contributed by atoms with Crippen molar-refractivity contribution in [1.82, 2.24) is 4.57 Å². The van der Waals surface area contributed by atoms with Crippen LogP contribution in [0.5, 0.6) is 0 Å². The smallest absolute Gasteiger partial charge is 0.0540 e. The molecule has 2 nitrogen and oxygen atoms in total. The van der Waals surface area contributed by atoms with Crippen LogP contribution in [0.4, 0.5) is 17.1 Å². The van der Waals surface area contributed by atoms with Crippen LogP contribution in [0.3, 0.4) is 0 Å². The molecular formula is C42H30N2. The van der Waals surface area contributed by atoms with Crippen molar-refractivity contribution in [2.75, 3.05) is 4.90 Å². The lowest BCUT2D eigenvalue weighted by Gasteiger charge is -2.27. The van der Waals surface area contributed by atoms with Crippen molar-refractivity contribution >= 4 is 82.0 Å². The molecule has 0 N–H and O–H groups in total. The van der Waals surface area contributed by atoms with Gasteiger partial charge in [0, 0.05) is 45.1 Å². The van der Waals surface area contributed by atoms with E-state index in [4.69, 9.17) is 0 Å². The summed E-state index contributed by atoms with van der Waals surface area (Å²) in [6, 6.07) is 55.6. The number of hydrogen-bond acceptors (Lipinski definition) is 1. The van der Waals surface area contributed by atoms with Gasteiger partial charge in [0.05, 0.1) is 5.69 Å². The summed E-state index contributed by atoms with van der Waals surface area (Å²) in [5.41, 5.74) is 6.06. The number of benzene rings is 8. The average molecular weight is 563 g/mol. The molecule has 44 heavy (non-hydrogen) atoms. The van der Waals surface area contributed by atoms with Crippen molar-refractivity contribution in [3.05, 3.63) is 152 Å². The summed E-state index contributed by atoms with van der Waals surface area (Å²) in [7, 11) is 0. The van der Waals surface area contributed by atoms with Crippen molar-refractivity contribution in [2.45, 2.75) is 13.5 Å². The van der Waals surface area contributed by atoms with Gasteiger partial charge in [0.25, 0.3) is 0 Å². The van der Waals surface area contributed by atoms with E-state index in [1.165, 1.54) is 70.6 Å². The fourth-order valence-corrected chi connectivity index (χ4v) is 7.37. The van der Waals surface area contributed by atoms with E-state index in [0.717, 1.165) is 17.9 Å². The highest BCUT2D eigenvalue weighted by atomic mass is 15.1. The van der Waals surface area contributed by atoms with Crippen molar-refractivity contribution in [3.63, 3.8) is 0 Å². The van der Waals surface area contributed by atoms with Gasteiger partial charge >= 0.3 is 0 Å². The topological polar surface area (TPSA) is 8.17 Å². The van der Waals surface area contributed by atoms with Gasteiger partial charge in [-0.05, 0) is 93.2 Å². The third-order valence-corrected chi connectivity index (χ3v) is 9.31. The van der Waals surface area contributed by atoms with Crippen LogP contribution in [0.25, 0.3) is 64.9 Å². The second kappa shape index (κ2) is 9.72. The molecule has 0 aliphatic carbocycles. The first-order chi connectivity index (χ1) is 21.8. The SMILES string of the molecule is CCn1c2ccccc2c2cc3c4ccc(N(c5ccccc5)c5cccc6ccccc56)cc4c4ccccc4c3cc21. The molecule has 0 radical (unpaired) electrons. The molecule has 1 heterocycles. The van der Waals surface area contributed by atoms with Gasteiger partial charge in [-0.2, -0.15) is 0 Å². The molecule has 0 aliphatic rings. The minimum Gasteiger partial charge on any atom is -0.341 e. The van der Waals surface area contributed by atoms with Gasteiger partial charge in [-0.25, -0.2) is 0 Å². The van der Waals surface area contributed by atoms with Crippen LogP contribution in [-0.4, -0.2) is 4.57 Å². The van der Waals surface area contributed by atoms with Gasteiger partial charge in [-0.3, -0.25) is 0 Å². The molecule has 0 fully saturated rings. The van der Waals surface area contributed by atoms with E-state index in [0.29, 0.717) is 0 Å². The Bertz CT molecular complexity index is 2530. The Morgan fingerprint density at radius 1 is 0.409 bits per heavy atom. The van der Waals surface area contributed by atoms with Crippen molar-refractivity contribution in [2.24, 2.45) is 0 Å². The molecule has 0 saturated carbocycles. The van der Waals surface area contributed by atoms with Gasteiger partial charge in [-0.15, -0.1) is 0 Å². The number of aromatic nitrogens is 1. The summed E-state index contributed by atoms with van der Waals surface area (Å²) in [5.74, 6) is 0.